The molecule has 556 valence electrons. The largest absolute Gasteiger partial charge is 0.495 e. The average Bonchev–Trinajstić information content (AvgIpc) is 1.63. The number of rotatable bonds is 35. The van der Waals surface area contributed by atoms with Crippen LogP contribution in [0.4, 0.5) is 0 Å². The van der Waals surface area contributed by atoms with Crippen molar-refractivity contribution in [2.75, 3.05) is 52.7 Å². The summed E-state index contributed by atoms with van der Waals surface area (Å²) in [4.78, 5) is 149. The van der Waals surface area contributed by atoms with Crippen molar-refractivity contribution in [2.24, 2.45) is 29.1 Å². The molecule has 100 heavy (non-hydrogen) atoms. The van der Waals surface area contributed by atoms with E-state index in [0.717, 1.165) is 10.5 Å². The predicted molar refractivity (Wildman–Crippen MR) is 358 cm³/mol. The van der Waals surface area contributed by atoms with Gasteiger partial charge in [-0.05, 0) is 79.8 Å². The number of carboxylic acid groups (broad SMARTS) is 1. The number of nitrogens with zero attached hydrogens (tertiary/aromatic N) is 1. The molecule has 3 aliphatic rings. The molecule has 0 aromatic heterocycles. The van der Waals surface area contributed by atoms with Crippen LogP contribution in [0.5, 0.6) is 5.75 Å². The molecule has 3 aliphatic heterocycles. The lowest BCUT2D eigenvalue weighted by atomic mass is 9.85. The molecule has 5 rings (SSSR count). The number of aliphatic hydroxyl groups excluding tert-OH is 3. The summed E-state index contributed by atoms with van der Waals surface area (Å²) in [5.41, 5.74) is 0.714. The van der Waals surface area contributed by atoms with Crippen LogP contribution in [-0.4, -0.2) is 217 Å². The van der Waals surface area contributed by atoms with Crippen LogP contribution in [0.2, 0.25) is 5.02 Å². The monoisotopic (exact) mass is 1450 g/mol. The van der Waals surface area contributed by atoms with Crippen molar-refractivity contribution in [3.05, 3.63) is 76.3 Å². The van der Waals surface area contributed by atoms with Crippen molar-refractivity contribution >= 4 is 86.6 Å². The normalized spacial score (nSPS) is 24.0. The Bertz CT molecular complexity index is 3330. The number of carbonyl (C=O) groups excluding carboxylic acids is 10. The molecule has 0 bridgehead atoms. The number of ether oxygens (including phenoxy) is 6. The number of Topliss-reactive ketones (excluding diaryl/α,β-unsaturated/α-hetero) is 2. The topological polar surface area (TPSA) is 445 Å². The second-order valence-corrected chi connectivity index (χ2v) is 28.7. The molecule has 0 unspecified atom stereocenters. The molecule has 32 heteroatoms. The first-order valence-corrected chi connectivity index (χ1v) is 35.3. The summed E-state index contributed by atoms with van der Waals surface area (Å²) >= 11 is 6.40. The number of nitrogens with one attached hydrogen (secondary N) is 5. The number of aliphatic carboxylic acids is 1. The quantitative estimate of drug-likeness (QED) is 0.0268. The first kappa shape index (κ1) is 83.2. The molecule has 0 aliphatic carbocycles. The summed E-state index contributed by atoms with van der Waals surface area (Å²) in [6.07, 6.45) is -10.4. The van der Waals surface area contributed by atoms with Gasteiger partial charge in [0.1, 0.15) is 54.2 Å². The number of hydrogen-bond acceptors (Lipinski definition) is 22. The van der Waals surface area contributed by atoms with Gasteiger partial charge in [-0.2, -0.15) is 8.42 Å². The molecule has 2 fully saturated rings. The number of cyclic esters (lactones) is 2. The fourth-order valence-electron chi connectivity index (χ4n) is 11.3. The van der Waals surface area contributed by atoms with E-state index >= 15 is 0 Å². The zero-order valence-corrected chi connectivity index (χ0v) is 59.4. The summed E-state index contributed by atoms with van der Waals surface area (Å²) in [6, 6.07) is 9.84. The lowest BCUT2D eigenvalue weighted by Gasteiger charge is -2.39. The standard InChI is InChI=1S/C68H97ClN6O24S/c1-37(2)31-50-65(89)96-48(11-10-12-54(80)73-45(33-41-16-21-49(94-8)44(69)32-41)64(88)72-36-68(6,7)67(90)98-50)39(5)62-63(99-62)42-17-13-40(14-18-42)15-20-46(76)43(19-22-53(79)71-35-51-59(85)60(86)61(87)66(95-9)97-51)34-47(77)58(38(3)4)74-55(81)25-28-75(29-26-57(83)84)56(82)24-23-52(78)70-27-30-100(91,92)93/h10,12-14,16-18,21,32,37-39,43,45,48,50-51,58-63,66,85-87H,11,15,19-20,22-31,33-36H2,1-9H3,(H,70,78)(H,71,79)(H,72,88)(H,73,80)(H,74,81)(H,83,84)(H,91,92,93)/b12-10+/t39-,43+,45+,48-,50-,51+,58-,59+,60-,61+,62+,63+,66+/m0/s1. The maximum Gasteiger partial charge on any atom is 0.347 e. The number of benzene rings is 2. The lowest BCUT2D eigenvalue weighted by Crippen LogP contribution is -2.60. The van der Waals surface area contributed by atoms with Crippen molar-refractivity contribution in [2.45, 2.75) is 193 Å². The van der Waals surface area contributed by atoms with Gasteiger partial charge in [-0.1, -0.05) is 82.6 Å². The zero-order chi connectivity index (χ0) is 74.3. The van der Waals surface area contributed by atoms with E-state index in [2.05, 4.69) is 26.6 Å². The van der Waals surface area contributed by atoms with Crippen molar-refractivity contribution in [3.63, 3.8) is 0 Å². The van der Waals surface area contributed by atoms with Crippen molar-refractivity contribution < 1.29 is 115 Å². The SMILES string of the molecule is COc1ccc(C[C@H]2NC(=O)/C=C/C[C@@H]([C@H](C)[C@H]3O[C@@H]3c3ccc(CCC(=O)[C@H](CCC(=O)NC[C@H]4O[C@@H](OC)[C@H](O)[C@@H](O)[C@@H]4O)CC(=O)[C@@H](NC(=O)CCN(CCC(=O)O)C(=O)CCC(=O)NCCS(=O)(=O)O)C(C)C)cc3)OC(=O)[C@H](CC(C)C)OC(=O)C(C)(C)CNC2=O)cc1Cl. The van der Waals surface area contributed by atoms with Gasteiger partial charge in [0, 0.05) is 103 Å². The van der Waals surface area contributed by atoms with E-state index < -0.39 is 210 Å². The van der Waals surface area contributed by atoms with Gasteiger partial charge >= 0.3 is 17.9 Å². The van der Waals surface area contributed by atoms with Crippen LogP contribution >= 0.6 is 11.6 Å². The summed E-state index contributed by atoms with van der Waals surface area (Å²) in [7, 11) is -1.70. The molecule has 13 atom stereocenters. The molecule has 2 aromatic rings. The van der Waals surface area contributed by atoms with E-state index in [-0.39, 0.29) is 77.0 Å². The molecular weight excluding hydrogens is 1350 g/mol. The first-order chi connectivity index (χ1) is 47.0. The summed E-state index contributed by atoms with van der Waals surface area (Å²) in [5, 5.41) is 53.8. The third kappa shape index (κ3) is 26.8. The average molecular weight is 1450 g/mol. The Balaban J connectivity index is 1.29. The molecular formula is C68H97ClN6O24S. The number of ketones is 2. The predicted octanol–water partition coefficient (Wildman–Crippen LogP) is 2.17. The summed E-state index contributed by atoms with van der Waals surface area (Å²) in [5.74, 6) is -10.4. The van der Waals surface area contributed by atoms with E-state index in [4.69, 9.17) is 44.6 Å². The number of esters is 2. The summed E-state index contributed by atoms with van der Waals surface area (Å²) in [6.45, 7) is 10.3. The van der Waals surface area contributed by atoms with Gasteiger partial charge in [0.25, 0.3) is 10.1 Å². The number of epoxide rings is 1. The number of halogens is 1. The van der Waals surface area contributed by atoms with Gasteiger partial charge in [0.05, 0.1) is 41.9 Å². The van der Waals surface area contributed by atoms with Gasteiger partial charge in [-0.25, -0.2) is 4.79 Å². The van der Waals surface area contributed by atoms with E-state index in [9.17, 15) is 81.6 Å². The van der Waals surface area contributed by atoms with Crippen molar-refractivity contribution in [1.82, 2.24) is 31.5 Å². The molecule has 0 saturated carbocycles. The number of aryl methyl sites for hydroxylation is 1. The Labute approximate surface area is 586 Å². The van der Waals surface area contributed by atoms with Gasteiger partial charge in [0.2, 0.25) is 35.4 Å². The second-order valence-electron chi connectivity index (χ2n) is 26.7. The van der Waals surface area contributed by atoms with Crippen LogP contribution in [0.25, 0.3) is 0 Å². The number of methoxy groups -OCH3 is 2. The highest BCUT2D eigenvalue weighted by Gasteiger charge is 2.49. The Kier molecular flexibility index (Phi) is 32.5. The molecule has 30 nitrogen and oxygen atoms in total. The van der Waals surface area contributed by atoms with Crippen molar-refractivity contribution in [3.8, 4) is 5.75 Å². The molecule has 10 N–H and O–H groups in total. The molecule has 3 heterocycles. The smallest absolute Gasteiger partial charge is 0.347 e. The molecule has 2 aromatic carbocycles. The minimum absolute atomic E-state index is 0.00921. The maximum atomic E-state index is 14.4. The fraction of sp³-hybridized carbons (Fsp3) is 0.632. The van der Waals surface area contributed by atoms with Crippen LogP contribution in [0.15, 0.2) is 54.6 Å². The van der Waals surface area contributed by atoms with Crippen LogP contribution in [0, 0.1) is 29.1 Å². The minimum atomic E-state index is -4.37. The molecule has 6 amide bonds. The number of aliphatic hydroxyl groups is 3. The molecule has 2 saturated heterocycles. The Hall–Kier alpha value is -7.49. The lowest BCUT2D eigenvalue weighted by molar-refractivity contribution is -0.288. The van der Waals surface area contributed by atoms with Crippen LogP contribution in [0.3, 0.4) is 0 Å². The fourth-order valence-corrected chi connectivity index (χ4v) is 11.9. The van der Waals surface area contributed by atoms with Gasteiger partial charge in [-0.3, -0.25) is 52.5 Å². The van der Waals surface area contributed by atoms with Gasteiger partial charge in [0.15, 0.2) is 18.2 Å². The Morgan fingerprint density at radius 3 is 2.10 bits per heavy atom. The first-order valence-electron chi connectivity index (χ1n) is 33.3. The zero-order valence-electron chi connectivity index (χ0n) is 57.8. The van der Waals surface area contributed by atoms with E-state index in [1.165, 1.54) is 26.4 Å². The van der Waals surface area contributed by atoms with E-state index in [1.807, 2.05) is 32.9 Å². The number of amides is 6. The highest BCUT2D eigenvalue weighted by atomic mass is 35.5. The highest BCUT2D eigenvalue weighted by molar-refractivity contribution is 7.85. The summed E-state index contributed by atoms with van der Waals surface area (Å²) < 4.78 is 65.1. The Morgan fingerprint density at radius 2 is 1.47 bits per heavy atom. The second kappa shape index (κ2) is 39.1. The van der Waals surface area contributed by atoms with Crippen LogP contribution < -0.4 is 31.3 Å². The third-order valence-corrected chi connectivity index (χ3v) is 18.4. The molecule has 0 spiro atoms. The van der Waals surface area contributed by atoms with Crippen LogP contribution in [0.1, 0.15) is 135 Å². The van der Waals surface area contributed by atoms with E-state index in [0.29, 0.717) is 21.9 Å². The number of carboxylic acids is 1. The minimum Gasteiger partial charge on any atom is -0.495 e. The van der Waals surface area contributed by atoms with E-state index in [1.54, 1.807) is 58.0 Å². The third-order valence-electron chi connectivity index (χ3n) is 17.4. The number of hydrogen-bond donors (Lipinski definition) is 10. The number of carbonyl (C=O) groups is 11. The maximum absolute atomic E-state index is 14.4. The van der Waals surface area contributed by atoms with Gasteiger partial charge < -0.3 is 80.3 Å². The Morgan fingerprint density at radius 1 is 0.800 bits per heavy atom. The van der Waals surface area contributed by atoms with Crippen molar-refractivity contribution in [1.29, 1.82) is 0 Å². The van der Waals surface area contributed by atoms with Crippen LogP contribution in [-0.2, 0) is 99.4 Å². The van der Waals surface area contributed by atoms with Gasteiger partial charge in [-0.15, -0.1) is 0 Å². The molecule has 0 radical (unpaired) electrons. The highest BCUT2D eigenvalue weighted by Crippen LogP contribution is 2.45.